The minimum absolute atomic E-state index is 0.104. The summed E-state index contributed by atoms with van der Waals surface area (Å²) in [5.41, 5.74) is 15.6. The van der Waals surface area contributed by atoms with Crippen molar-refractivity contribution in [3.05, 3.63) is 109 Å². The first-order valence-corrected chi connectivity index (χ1v) is 13.2. The summed E-state index contributed by atoms with van der Waals surface area (Å²) >= 11 is 0. The van der Waals surface area contributed by atoms with Crippen molar-refractivity contribution >= 4 is 51.1 Å². The van der Waals surface area contributed by atoms with Crippen LogP contribution in [-0.4, -0.2) is 45.5 Å². The van der Waals surface area contributed by atoms with Crippen LogP contribution in [-0.2, 0) is 0 Å². The molecule has 0 aliphatic heterocycles. The number of amides is 2. The van der Waals surface area contributed by atoms with Crippen LogP contribution in [0.15, 0.2) is 97.8 Å². The summed E-state index contributed by atoms with van der Waals surface area (Å²) in [6.07, 6.45) is 6.00. The van der Waals surface area contributed by atoms with E-state index in [9.17, 15) is 9.18 Å². The third kappa shape index (κ3) is 5.87. The van der Waals surface area contributed by atoms with Crippen molar-refractivity contribution in [3.8, 4) is 17.4 Å². The fraction of sp³-hybridized carbons (Fsp3) is 0. The monoisotopic (exact) mass is 599 g/mol. The van der Waals surface area contributed by atoms with Gasteiger partial charge >= 0.3 is 6.03 Å². The second kappa shape index (κ2) is 12.1. The highest BCUT2D eigenvalue weighted by Crippen LogP contribution is 2.22. The molecule has 0 spiro atoms. The molecule has 0 aliphatic carbocycles. The fourth-order valence-corrected chi connectivity index (χ4v) is 4.31. The Hall–Kier alpha value is -6.95. The SMILES string of the molecule is N#Cc1ccc(-n2ncc3c(N)ncnc32)cc1.Nc1ncnc2c1cnn2-c1ccc(NC(=O)Nc2ccccc2F)cc1. The number of para-hydroxylation sites is 1. The summed E-state index contributed by atoms with van der Waals surface area (Å²) in [6.45, 7) is 0. The highest BCUT2D eigenvalue weighted by atomic mass is 19.1. The van der Waals surface area contributed by atoms with Crippen LogP contribution in [0, 0.1) is 17.1 Å². The number of hydrogen-bond acceptors (Lipinski definition) is 10. The van der Waals surface area contributed by atoms with Gasteiger partial charge in [0.2, 0.25) is 0 Å². The lowest BCUT2D eigenvalue weighted by Gasteiger charge is -2.09. The molecule has 220 valence electrons. The molecule has 3 aromatic carbocycles. The van der Waals surface area contributed by atoms with Gasteiger partial charge in [-0.1, -0.05) is 12.1 Å². The second-order valence-corrected chi connectivity index (χ2v) is 9.37. The number of nitriles is 1. The molecule has 14 nitrogen and oxygen atoms in total. The van der Waals surface area contributed by atoms with Crippen LogP contribution in [0.2, 0.25) is 0 Å². The molecule has 0 bridgehead atoms. The highest BCUT2D eigenvalue weighted by molar-refractivity contribution is 5.99. The average molecular weight is 600 g/mol. The van der Waals surface area contributed by atoms with Gasteiger partial charge in [-0.15, -0.1) is 0 Å². The number of anilines is 4. The first kappa shape index (κ1) is 28.2. The molecule has 0 saturated heterocycles. The molecule has 2 amide bonds. The molecule has 0 radical (unpaired) electrons. The number of carbonyl (C=O) groups excluding carboxylic acids is 1. The topological polar surface area (TPSA) is 204 Å². The molecule has 4 heterocycles. The highest BCUT2D eigenvalue weighted by Gasteiger charge is 2.11. The largest absolute Gasteiger partial charge is 0.383 e. The van der Waals surface area contributed by atoms with E-state index in [-0.39, 0.29) is 5.69 Å². The van der Waals surface area contributed by atoms with Gasteiger partial charge in [-0.05, 0) is 60.7 Å². The van der Waals surface area contributed by atoms with Gasteiger partial charge in [0.05, 0.1) is 51.9 Å². The Morgan fingerprint density at radius 3 is 1.80 bits per heavy atom. The summed E-state index contributed by atoms with van der Waals surface area (Å²) < 4.78 is 16.9. The van der Waals surface area contributed by atoms with Crippen LogP contribution < -0.4 is 22.1 Å². The number of aromatic nitrogens is 8. The molecule has 6 N–H and O–H groups in total. The van der Waals surface area contributed by atoms with E-state index in [0.29, 0.717) is 45.0 Å². The Kier molecular flexibility index (Phi) is 7.59. The number of rotatable bonds is 4. The van der Waals surface area contributed by atoms with Crippen molar-refractivity contribution in [1.82, 2.24) is 39.5 Å². The third-order valence-electron chi connectivity index (χ3n) is 6.53. The smallest absolute Gasteiger partial charge is 0.323 e. The molecule has 45 heavy (non-hydrogen) atoms. The van der Waals surface area contributed by atoms with Crippen molar-refractivity contribution < 1.29 is 9.18 Å². The average Bonchev–Trinajstić information content (AvgIpc) is 3.70. The summed E-state index contributed by atoms with van der Waals surface area (Å²) in [5.74, 6) is 0.254. The Bertz CT molecular complexity index is 2190. The summed E-state index contributed by atoms with van der Waals surface area (Å²) in [5, 5.41) is 23.7. The molecule has 7 rings (SSSR count). The van der Waals surface area contributed by atoms with E-state index in [0.717, 1.165) is 11.4 Å². The standard InChI is InChI=1S/C18H14FN7O.C12H8N6/c19-14-3-1-2-4-15(14)25-18(27)24-11-5-7-12(8-6-11)26-17-13(9-23-26)16(20)21-10-22-17;13-5-8-1-3-9(4-2-8)18-12-10(6-17-18)11(14)15-7-16-12/h1-10H,(H2,20,21,22)(H2,24,25,27);1-4,6-7H,(H2,14,15,16). The van der Waals surface area contributed by atoms with E-state index in [1.807, 2.05) is 12.1 Å². The lowest BCUT2D eigenvalue weighted by Crippen LogP contribution is -2.20. The zero-order chi connectivity index (χ0) is 31.3. The number of hydrogen-bond donors (Lipinski definition) is 4. The van der Waals surface area contributed by atoms with Crippen molar-refractivity contribution in [2.24, 2.45) is 0 Å². The normalized spacial score (nSPS) is 10.6. The quantitative estimate of drug-likeness (QED) is 0.224. The van der Waals surface area contributed by atoms with E-state index in [2.05, 4.69) is 46.8 Å². The maximum Gasteiger partial charge on any atom is 0.323 e. The third-order valence-corrected chi connectivity index (χ3v) is 6.53. The maximum absolute atomic E-state index is 13.6. The van der Waals surface area contributed by atoms with Crippen molar-refractivity contribution in [3.63, 3.8) is 0 Å². The predicted octanol–water partition coefficient (Wildman–Crippen LogP) is 4.45. The van der Waals surface area contributed by atoms with Crippen molar-refractivity contribution in [2.75, 3.05) is 22.1 Å². The number of nitrogen functional groups attached to an aromatic ring is 2. The second-order valence-electron chi connectivity index (χ2n) is 9.37. The van der Waals surface area contributed by atoms with Gasteiger partial charge in [-0.25, -0.2) is 38.5 Å². The summed E-state index contributed by atoms with van der Waals surface area (Å²) in [7, 11) is 0. The van der Waals surface area contributed by atoms with Crippen molar-refractivity contribution in [1.29, 1.82) is 5.26 Å². The molecule has 0 fully saturated rings. The van der Waals surface area contributed by atoms with E-state index < -0.39 is 11.8 Å². The molecule has 0 atom stereocenters. The van der Waals surface area contributed by atoms with Gasteiger partial charge in [0, 0.05) is 5.69 Å². The number of fused-ring (bicyclic) bond motifs is 2. The van der Waals surface area contributed by atoms with Crippen LogP contribution in [0.1, 0.15) is 5.56 Å². The molecule has 0 saturated carbocycles. The number of nitrogens with two attached hydrogens (primary N) is 2. The number of halogens is 1. The number of urea groups is 1. The number of carbonyl (C=O) groups is 1. The maximum atomic E-state index is 13.6. The number of nitrogens with zero attached hydrogens (tertiary/aromatic N) is 9. The zero-order valence-electron chi connectivity index (χ0n) is 23.2. The molecule has 7 aromatic rings. The van der Waals surface area contributed by atoms with Crippen LogP contribution in [0.25, 0.3) is 33.4 Å². The number of nitrogens with one attached hydrogen (secondary N) is 2. The first-order chi connectivity index (χ1) is 21.9. The van der Waals surface area contributed by atoms with E-state index in [1.165, 1.54) is 24.8 Å². The molecule has 0 aliphatic rings. The minimum atomic E-state index is -0.544. The predicted molar refractivity (Wildman–Crippen MR) is 166 cm³/mol. The van der Waals surface area contributed by atoms with Gasteiger partial charge < -0.3 is 22.1 Å². The molecule has 0 unspecified atom stereocenters. The Morgan fingerprint density at radius 2 is 1.27 bits per heavy atom. The summed E-state index contributed by atoms with van der Waals surface area (Å²) in [4.78, 5) is 28.2. The Balaban J connectivity index is 0.000000172. The molecule has 15 heteroatoms. The molecular formula is C30H22FN13O. The van der Waals surface area contributed by atoms with Gasteiger partial charge in [-0.3, -0.25) is 0 Å². The lowest BCUT2D eigenvalue weighted by atomic mass is 10.2. The first-order valence-electron chi connectivity index (χ1n) is 13.2. The van der Waals surface area contributed by atoms with Crippen molar-refractivity contribution in [2.45, 2.75) is 0 Å². The van der Waals surface area contributed by atoms with E-state index in [4.69, 9.17) is 16.7 Å². The van der Waals surface area contributed by atoms with Crippen LogP contribution in [0.3, 0.4) is 0 Å². The summed E-state index contributed by atoms with van der Waals surface area (Å²) in [6, 6.07) is 21.5. The number of benzene rings is 3. The van der Waals surface area contributed by atoms with Crippen LogP contribution in [0.5, 0.6) is 0 Å². The van der Waals surface area contributed by atoms with E-state index in [1.54, 1.807) is 70.3 Å². The van der Waals surface area contributed by atoms with Gasteiger partial charge in [0.15, 0.2) is 11.3 Å². The fourth-order valence-electron chi connectivity index (χ4n) is 4.31. The zero-order valence-corrected chi connectivity index (χ0v) is 23.2. The van der Waals surface area contributed by atoms with E-state index >= 15 is 0 Å². The minimum Gasteiger partial charge on any atom is -0.383 e. The Morgan fingerprint density at radius 1 is 0.733 bits per heavy atom. The van der Waals surface area contributed by atoms with Gasteiger partial charge in [-0.2, -0.15) is 15.5 Å². The van der Waals surface area contributed by atoms with Gasteiger partial charge in [0.25, 0.3) is 0 Å². The van der Waals surface area contributed by atoms with Gasteiger partial charge in [0.1, 0.15) is 30.1 Å². The molecular weight excluding hydrogens is 577 g/mol. The van der Waals surface area contributed by atoms with Crippen LogP contribution >= 0.6 is 0 Å². The molecule has 4 aromatic heterocycles. The Labute approximate surface area is 253 Å². The van der Waals surface area contributed by atoms with Crippen LogP contribution in [0.4, 0.5) is 32.2 Å². The lowest BCUT2D eigenvalue weighted by molar-refractivity contribution is 0.262.